The third-order valence-electron chi connectivity index (χ3n) is 3.54. The maximum absolute atomic E-state index is 11.3. The van der Waals surface area contributed by atoms with E-state index in [1.54, 1.807) is 0 Å². The summed E-state index contributed by atoms with van der Waals surface area (Å²) in [6, 6.07) is 0. The van der Waals surface area contributed by atoms with Crippen LogP contribution < -0.4 is 0 Å². The largest absolute Gasteiger partial charge is 0.391 e. The van der Waals surface area contributed by atoms with Crippen molar-refractivity contribution < 1.29 is 19.4 Å². The van der Waals surface area contributed by atoms with Crippen molar-refractivity contribution in [3.8, 4) is 0 Å². The lowest BCUT2D eigenvalue weighted by molar-refractivity contribution is -0.165. The number of carbonyl (C=O) groups excluding carboxylic acids is 2. The first-order valence-electron chi connectivity index (χ1n) is 8.50. The Bertz CT molecular complexity index is 274. The zero-order valence-electron chi connectivity index (χ0n) is 13.7. The van der Waals surface area contributed by atoms with Crippen molar-refractivity contribution in [1.82, 2.24) is 0 Å². The number of carbonyl (C=O) groups is 2. The van der Waals surface area contributed by atoms with E-state index in [0.29, 0.717) is 0 Å². The first-order chi connectivity index (χ1) is 10.1. The van der Waals surface area contributed by atoms with Crippen LogP contribution in [0.1, 0.15) is 90.9 Å². The second-order valence-corrected chi connectivity index (χ2v) is 5.75. The fourth-order valence-electron chi connectivity index (χ4n) is 2.18. The molecule has 0 aliphatic carbocycles. The van der Waals surface area contributed by atoms with E-state index >= 15 is 0 Å². The van der Waals surface area contributed by atoms with E-state index < -0.39 is 18.0 Å². The van der Waals surface area contributed by atoms with Gasteiger partial charge in [0, 0.05) is 6.42 Å². The number of aliphatic hydroxyl groups is 1. The van der Waals surface area contributed by atoms with Crippen molar-refractivity contribution in [2.75, 3.05) is 0 Å². The van der Waals surface area contributed by atoms with E-state index in [0.717, 1.165) is 19.3 Å². The van der Waals surface area contributed by atoms with Gasteiger partial charge in [-0.05, 0) is 13.3 Å². The minimum absolute atomic E-state index is 0.259. The third-order valence-corrected chi connectivity index (χ3v) is 3.54. The summed E-state index contributed by atoms with van der Waals surface area (Å²) in [5.41, 5.74) is 0. The zero-order chi connectivity index (χ0) is 15.9. The van der Waals surface area contributed by atoms with Crippen LogP contribution in [0, 0.1) is 0 Å². The van der Waals surface area contributed by atoms with Gasteiger partial charge in [0.1, 0.15) is 6.10 Å². The minimum atomic E-state index is -1.23. The fourth-order valence-corrected chi connectivity index (χ4v) is 2.18. The highest BCUT2D eigenvalue weighted by atomic mass is 16.6. The Hall–Kier alpha value is -0.900. The molecule has 0 aromatic heterocycles. The number of rotatable bonds is 13. The summed E-state index contributed by atoms with van der Waals surface area (Å²) in [5.74, 6) is -1.39. The van der Waals surface area contributed by atoms with Crippen LogP contribution in [0.4, 0.5) is 0 Å². The van der Waals surface area contributed by atoms with Crippen LogP contribution in [0.2, 0.25) is 0 Å². The van der Waals surface area contributed by atoms with Gasteiger partial charge in [0.05, 0.1) is 0 Å². The van der Waals surface area contributed by atoms with E-state index in [9.17, 15) is 9.59 Å². The van der Waals surface area contributed by atoms with Crippen LogP contribution in [0.15, 0.2) is 0 Å². The van der Waals surface area contributed by atoms with Gasteiger partial charge < -0.3 is 9.84 Å². The van der Waals surface area contributed by atoms with Crippen LogP contribution >= 0.6 is 0 Å². The molecule has 1 atom stereocenters. The molecule has 4 heteroatoms. The van der Waals surface area contributed by atoms with E-state index in [-0.39, 0.29) is 6.42 Å². The van der Waals surface area contributed by atoms with Crippen molar-refractivity contribution in [2.45, 2.75) is 97.0 Å². The van der Waals surface area contributed by atoms with Crippen LogP contribution in [-0.2, 0) is 14.3 Å². The van der Waals surface area contributed by atoms with Gasteiger partial charge in [-0.3, -0.25) is 4.79 Å². The molecule has 0 saturated heterocycles. The maximum atomic E-state index is 11.3. The highest BCUT2D eigenvalue weighted by Gasteiger charge is 2.14. The highest BCUT2D eigenvalue weighted by Crippen LogP contribution is 2.12. The smallest absolute Gasteiger partial charge is 0.342 e. The number of ether oxygens (including phenoxy) is 1. The Morgan fingerprint density at radius 2 is 1.29 bits per heavy atom. The summed E-state index contributed by atoms with van der Waals surface area (Å²) in [6.07, 6.45) is 12.4. The van der Waals surface area contributed by atoms with Crippen LogP contribution in [0.25, 0.3) is 0 Å². The lowest BCUT2D eigenvalue weighted by Crippen LogP contribution is -2.22. The molecule has 0 radical (unpaired) electrons. The first-order valence-corrected chi connectivity index (χ1v) is 8.50. The monoisotopic (exact) mass is 300 g/mol. The lowest BCUT2D eigenvalue weighted by atomic mass is 10.1. The van der Waals surface area contributed by atoms with Gasteiger partial charge in [-0.1, -0.05) is 71.1 Å². The molecule has 0 amide bonds. The summed E-state index contributed by atoms with van der Waals surface area (Å²) >= 11 is 0. The Labute approximate surface area is 129 Å². The summed E-state index contributed by atoms with van der Waals surface area (Å²) < 4.78 is 4.48. The molecular formula is C17H32O4. The molecule has 124 valence electrons. The van der Waals surface area contributed by atoms with Crippen molar-refractivity contribution in [3.63, 3.8) is 0 Å². The van der Waals surface area contributed by atoms with Gasteiger partial charge in [0.15, 0.2) is 0 Å². The highest BCUT2D eigenvalue weighted by molar-refractivity contribution is 5.87. The number of esters is 2. The lowest BCUT2D eigenvalue weighted by Gasteiger charge is -2.05. The van der Waals surface area contributed by atoms with Crippen molar-refractivity contribution in [3.05, 3.63) is 0 Å². The Kier molecular flexibility index (Phi) is 13.5. The number of hydrogen-bond acceptors (Lipinski definition) is 4. The average molecular weight is 300 g/mol. The summed E-state index contributed by atoms with van der Waals surface area (Å²) in [6.45, 7) is 3.52. The van der Waals surface area contributed by atoms with Gasteiger partial charge in [-0.15, -0.1) is 0 Å². The van der Waals surface area contributed by atoms with Gasteiger partial charge >= 0.3 is 11.9 Å². The molecule has 0 bridgehead atoms. The maximum Gasteiger partial charge on any atom is 0.342 e. The van der Waals surface area contributed by atoms with Crippen LogP contribution in [0.3, 0.4) is 0 Å². The van der Waals surface area contributed by atoms with Gasteiger partial charge in [-0.25, -0.2) is 4.79 Å². The van der Waals surface area contributed by atoms with Crippen molar-refractivity contribution >= 4 is 11.9 Å². The van der Waals surface area contributed by atoms with Gasteiger partial charge in [0.2, 0.25) is 0 Å². The predicted molar refractivity (Wildman–Crippen MR) is 83.9 cm³/mol. The van der Waals surface area contributed by atoms with E-state index in [1.165, 1.54) is 58.3 Å². The molecule has 0 rings (SSSR count). The molecule has 0 aromatic carbocycles. The van der Waals surface area contributed by atoms with Crippen LogP contribution in [-0.4, -0.2) is 23.1 Å². The molecule has 0 spiro atoms. The Morgan fingerprint density at radius 1 is 0.857 bits per heavy atom. The molecule has 1 N–H and O–H groups in total. The van der Waals surface area contributed by atoms with E-state index in [4.69, 9.17) is 5.11 Å². The predicted octanol–water partition coefficient (Wildman–Crippen LogP) is 4.14. The quantitative estimate of drug-likeness (QED) is 0.315. The number of unbranched alkanes of at least 4 members (excludes halogenated alkanes) is 10. The number of aliphatic hydroxyl groups excluding tert-OH is 1. The topological polar surface area (TPSA) is 63.6 Å². The molecule has 0 aliphatic rings. The summed E-state index contributed by atoms with van der Waals surface area (Å²) in [4.78, 5) is 22.2. The van der Waals surface area contributed by atoms with Crippen LogP contribution in [0.5, 0.6) is 0 Å². The number of hydrogen-bond donors (Lipinski definition) is 1. The molecule has 0 aromatic rings. The molecule has 1 unspecified atom stereocenters. The average Bonchev–Trinajstić information content (AvgIpc) is 2.44. The fraction of sp³-hybridized carbons (Fsp3) is 0.882. The van der Waals surface area contributed by atoms with Gasteiger partial charge in [-0.2, -0.15) is 0 Å². The Morgan fingerprint density at radius 3 is 1.71 bits per heavy atom. The summed E-state index contributed by atoms with van der Waals surface area (Å²) in [5, 5.41) is 8.90. The van der Waals surface area contributed by atoms with Gasteiger partial charge in [0.25, 0.3) is 0 Å². The molecule has 0 heterocycles. The normalized spacial score (nSPS) is 12.1. The van der Waals surface area contributed by atoms with Crippen molar-refractivity contribution in [2.24, 2.45) is 0 Å². The molecule has 0 aliphatic heterocycles. The van der Waals surface area contributed by atoms with E-state index in [1.807, 2.05) is 0 Å². The standard InChI is InChI=1S/C17H32O4/c1-3-4-5-6-7-8-9-10-11-12-13-14-16(19)21-17(20)15(2)18/h15,18H,3-14H2,1-2H3. The summed E-state index contributed by atoms with van der Waals surface area (Å²) in [7, 11) is 0. The molecule has 0 fully saturated rings. The second kappa shape index (κ2) is 14.1. The molecule has 4 nitrogen and oxygen atoms in total. The molecule has 0 saturated carbocycles. The van der Waals surface area contributed by atoms with E-state index in [2.05, 4.69) is 11.7 Å². The van der Waals surface area contributed by atoms with Crippen molar-refractivity contribution in [1.29, 1.82) is 0 Å². The zero-order valence-corrected chi connectivity index (χ0v) is 13.7. The Balaban J connectivity index is 3.25. The first kappa shape index (κ1) is 20.1. The molecule has 21 heavy (non-hydrogen) atoms. The second-order valence-electron chi connectivity index (χ2n) is 5.75. The minimum Gasteiger partial charge on any atom is -0.391 e. The molecular weight excluding hydrogens is 268 g/mol. The third kappa shape index (κ3) is 13.8. The SMILES string of the molecule is CCCCCCCCCCCCCC(=O)OC(=O)C(C)O.